The molecular formula is C29H33IN4O2S2. The van der Waals surface area contributed by atoms with Crippen LogP contribution in [0.15, 0.2) is 79.1 Å². The first-order valence-corrected chi connectivity index (χ1v) is 15.9. The lowest BCUT2D eigenvalue weighted by atomic mass is 10.0. The second-order valence-corrected chi connectivity index (χ2v) is 15.3. The first-order chi connectivity index (χ1) is 18.3. The highest BCUT2D eigenvalue weighted by atomic mass is 127. The number of fused-ring (bicyclic) bond motifs is 2. The normalized spacial score (nSPS) is 20.6. The van der Waals surface area contributed by atoms with Gasteiger partial charge in [-0.1, -0.05) is 58.2 Å². The summed E-state index contributed by atoms with van der Waals surface area (Å²) < 4.78 is 6.49. The van der Waals surface area contributed by atoms with E-state index in [0.29, 0.717) is 12.6 Å². The molecule has 0 saturated carbocycles. The molecule has 1 unspecified atom stereocenters. The molecule has 38 heavy (non-hydrogen) atoms. The number of piperidine rings is 1. The number of halogens is 1. The quantitative estimate of drug-likeness (QED) is 0.142. The van der Waals surface area contributed by atoms with Gasteiger partial charge in [-0.05, 0) is 62.6 Å². The number of benzene rings is 2. The van der Waals surface area contributed by atoms with Crippen LogP contribution in [-0.4, -0.2) is 52.3 Å². The highest BCUT2D eigenvalue weighted by Gasteiger charge is 2.30. The van der Waals surface area contributed by atoms with Crippen LogP contribution in [0, 0.1) is 0 Å². The van der Waals surface area contributed by atoms with Crippen LogP contribution < -0.4 is 15.8 Å². The van der Waals surface area contributed by atoms with Crippen LogP contribution in [0.2, 0.25) is 0 Å². The van der Waals surface area contributed by atoms with E-state index in [2.05, 4.69) is 92.9 Å². The van der Waals surface area contributed by atoms with Crippen LogP contribution in [0.3, 0.4) is 0 Å². The Hall–Kier alpha value is -1.66. The molecule has 4 heterocycles. The third-order valence-electron chi connectivity index (χ3n) is 7.54. The maximum Gasteiger partial charge on any atom is 0.249 e. The summed E-state index contributed by atoms with van der Waals surface area (Å²) in [4.78, 5) is 24.6. The van der Waals surface area contributed by atoms with Gasteiger partial charge in [-0.3, -0.25) is 9.69 Å². The third-order valence-corrected chi connectivity index (χ3v) is 10.8. The van der Waals surface area contributed by atoms with Gasteiger partial charge in [0.2, 0.25) is 5.56 Å². The van der Waals surface area contributed by atoms with E-state index in [-0.39, 0.29) is 15.2 Å². The highest BCUT2D eigenvalue weighted by molar-refractivity contribution is 14.1. The molecule has 200 valence electrons. The number of rotatable bonds is 5. The summed E-state index contributed by atoms with van der Waals surface area (Å²) in [5.41, 5.74) is 3.32. The number of nitrogens with one attached hydrogen (secondary N) is 2. The molecule has 6 rings (SSSR count). The van der Waals surface area contributed by atoms with Crippen molar-refractivity contribution in [2.45, 2.75) is 62.0 Å². The van der Waals surface area contributed by atoms with E-state index in [1.807, 2.05) is 29.6 Å². The number of H-pyrrole nitrogens is 1. The zero-order valence-electron chi connectivity index (χ0n) is 21.7. The number of ether oxygens (including phenoxy) is 1. The van der Waals surface area contributed by atoms with Gasteiger partial charge in [-0.2, -0.15) is 0 Å². The maximum atomic E-state index is 11.9. The van der Waals surface area contributed by atoms with Crippen LogP contribution >= 0.6 is 46.1 Å². The van der Waals surface area contributed by atoms with Crippen LogP contribution in [-0.2, 0) is 4.74 Å². The molecular weight excluding hydrogens is 627 g/mol. The molecule has 3 aliphatic heterocycles. The number of hydrogen-bond donors (Lipinski definition) is 2. The first kappa shape index (κ1) is 26.6. The standard InChI is InChI=1S/C29H33IN4O2S2/c1-29(2,30)34-12-9-19(10-13-34)32-20-6-7-24-26(16-20)37-25-5-3-4-22(28(25)38-24)23-18-33(14-15-36-23)21-8-11-31-27(35)17-21/h3-8,11,16-17,19,23,32H,9-10,12-15,18H2,1-2H3,(H,31,35). The summed E-state index contributed by atoms with van der Waals surface area (Å²) >= 11 is 6.25. The minimum absolute atomic E-state index is 0.0352. The average Bonchev–Trinajstić information content (AvgIpc) is 2.91. The number of hydrogen-bond acceptors (Lipinski definition) is 7. The number of likely N-dealkylation sites (tertiary alicyclic amines) is 1. The van der Waals surface area contributed by atoms with Gasteiger partial charge in [0.1, 0.15) is 6.10 Å². The summed E-state index contributed by atoms with van der Waals surface area (Å²) in [6, 6.07) is 17.5. The average molecular weight is 661 g/mol. The number of aromatic nitrogens is 1. The van der Waals surface area contributed by atoms with Gasteiger partial charge < -0.3 is 19.9 Å². The largest absolute Gasteiger partial charge is 0.382 e. The molecule has 0 aliphatic carbocycles. The number of anilines is 2. The molecule has 3 aliphatic rings. The Morgan fingerprint density at radius 3 is 2.66 bits per heavy atom. The Kier molecular flexibility index (Phi) is 7.74. The SMILES string of the molecule is CC(C)(I)N1CCC(Nc2ccc3c(c2)Sc2cccc(C4CN(c5cc[nH]c(=O)c5)CCO4)c2S3)CC1. The van der Waals surface area contributed by atoms with Crippen LogP contribution in [0.25, 0.3) is 0 Å². The summed E-state index contributed by atoms with van der Waals surface area (Å²) in [5.74, 6) is 0. The Balaban J connectivity index is 1.16. The number of nitrogens with zero attached hydrogens (tertiary/aromatic N) is 2. The van der Waals surface area contributed by atoms with Crippen molar-refractivity contribution in [2.75, 3.05) is 43.0 Å². The van der Waals surface area contributed by atoms with E-state index >= 15 is 0 Å². The van der Waals surface area contributed by atoms with Crippen molar-refractivity contribution < 1.29 is 4.74 Å². The molecule has 1 atom stereocenters. The van der Waals surface area contributed by atoms with Crippen molar-refractivity contribution in [2.24, 2.45) is 0 Å². The summed E-state index contributed by atoms with van der Waals surface area (Å²) in [6.45, 7) is 9.02. The van der Waals surface area contributed by atoms with Gasteiger partial charge in [0.15, 0.2) is 0 Å². The van der Waals surface area contributed by atoms with Crippen molar-refractivity contribution in [3.05, 3.63) is 70.6 Å². The zero-order valence-corrected chi connectivity index (χ0v) is 25.5. The minimum atomic E-state index is -0.0740. The lowest BCUT2D eigenvalue weighted by Crippen LogP contribution is -2.46. The van der Waals surface area contributed by atoms with E-state index in [4.69, 9.17) is 4.74 Å². The fraction of sp³-hybridized carbons (Fsp3) is 0.414. The molecule has 3 aromatic rings. The molecule has 2 fully saturated rings. The monoisotopic (exact) mass is 660 g/mol. The Bertz CT molecular complexity index is 1370. The lowest BCUT2D eigenvalue weighted by molar-refractivity contribution is 0.0379. The van der Waals surface area contributed by atoms with E-state index in [9.17, 15) is 4.79 Å². The molecule has 2 aromatic carbocycles. The fourth-order valence-electron chi connectivity index (χ4n) is 5.46. The van der Waals surface area contributed by atoms with Gasteiger partial charge in [0.25, 0.3) is 0 Å². The first-order valence-electron chi connectivity index (χ1n) is 13.2. The Labute approximate surface area is 246 Å². The van der Waals surface area contributed by atoms with E-state index in [1.165, 1.54) is 43.7 Å². The lowest BCUT2D eigenvalue weighted by Gasteiger charge is -2.40. The van der Waals surface area contributed by atoms with Gasteiger partial charge in [0.05, 0.1) is 10.2 Å². The van der Waals surface area contributed by atoms with Crippen LogP contribution in [0.1, 0.15) is 38.4 Å². The molecule has 2 saturated heterocycles. The highest BCUT2D eigenvalue weighted by Crippen LogP contribution is 2.52. The molecule has 9 heteroatoms. The van der Waals surface area contributed by atoms with Crippen molar-refractivity contribution in [1.82, 2.24) is 9.88 Å². The van der Waals surface area contributed by atoms with Crippen LogP contribution in [0.4, 0.5) is 11.4 Å². The minimum Gasteiger partial charge on any atom is -0.382 e. The second-order valence-electron chi connectivity index (χ2n) is 10.6. The molecule has 0 spiro atoms. The van der Waals surface area contributed by atoms with Crippen LogP contribution in [0.5, 0.6) is 0 Å². The van der Waals surface area contributed by atoms with Gasteiger partial charge in [-0.15, -0.1) is 0 Å². The van der Waals surface area contributed by atoms with Crippen molar-refractivity contribution in [3.8, 4) is 0 Å². The van der Waals surface area contributed by atoms with Crippen molar-refractivity contribution >= 4 is 57.5 Å². The van der Waals surface area contributed by atoms with Gasteiger partial charge >= 0.3 is 0 Å². The molecule has 1 aromatic heterocycles. The van der Waals surface area contributed by atoms with E-state index < -0.39 is 0 Å². The van der Waals surface area contributed by atoms with E-state index in [1.54, 1.807) is 12.3 Å². The number of morpholine rings is 1. The van der Waals surface area contributed by atoms with Crippen molar-refractivity contribution in [3.63, 3.8) is 0 Å². The fourth-order valence-corrected chi connectivity index (χ4v) is 8.39. The molecule has 0 bridgehead atoms. The third kappa shape index (κ3) is 5.77. The Morgan fingerprint density at radius 1 is 1.03 bits per heavy atom. The van der Waals surface area contributed by atoms with Gasteiger partial charge in [0, 0.05) is 75.4 Å². The predicted molar refractivity (Wildman–Crippen MR) is 165 cm³/mol. The number of aromatic amines is 1. The predicted octanol–water partition coefficient (Wildman–Crippen LogP) is 6.62. The topological polar surface area (TPSA) is 60.6 Å². The maximum absolute atomic E-state index is 11.9. The summed E-state index contributed by atoms with van der Waals surface area (Å²) in [6.07, 6.45) is 4.03. The number of pyridine rings is 1. The number of alkyl halides is 1. The molecule has 0 amide bonds. The van der Waals surface area contributed by atoms with Gasteiger partial charge in [-0.25, -0.2) is 0 Å². The summed E-state index contributed by atoms with van der Waals surface area (Å²) in [7, 11) is 0. The molecule has 6 nitrogen and oxygen atoms in total. The smallest absolute Gasteiger partial charge is 0.249 e. The van der Waals surface area contributed by atoms with E-state index in [0.717, 1.165) is 31.9 Å². The summed E-state index contributed by atoms with van der Waals surface area (Å²) in [5, 5.41) is 3.81. The van der Waals surface area contributed by atoms with Crippen molar-refractivity contribution in [1.29, 1.82) is 0 Å². The zero-order chi connectivity index (χ0) is 26.3. The molecule has 0 radical (unpaired) electrons. The second kappa shape index (κ2) is 11.1. The molecule has 2 N–H and O–H groups in total. The Morgan fingerprint density at radius 2 is 1.87 bits per heavy atom.